The molecule has 1 saturated heterocycles. The molecule has 0 atom stereocenters. The Labute approximate surface area is 174 Å². The Morgan fingerprint density at radius 2 is 1.33 bits per heavy atom. The first-order valence-electron chi connectivity index (χ1n) is 9.94. The quantitative estimate of drug-likeness (QED) is 0.684. The third-order valence-corrected chi connectivity index (χ3v) is 5.95. The summed E-state index contributed by atoms with van der Waals surface area (Å²) in [5.74, 6) is -1.24. The molecule has 1 aliphatic heterocycles. The first-order valence-corrected chi connectivity index (χ1v) is 9.94. The minimum Gasteiger partial charge on any atom is -0.481 e. The summed E-state index contributed by atoms with van der Waals surface area (Å²) in [6.45, 7) is 0.777. The van der Waals surface area contributed by atoms with E-state index < -0.39 is 11.4 Å². The van der Waals surface area contributed by atoms with Crippen molar-refractivity contribution in [2.24, 2.45) is 0 Å². The van der Waals surface area contributed by atoms with E-state index in [9.17, 15) is 19.1 Å². The maximum absolute atomic E-state index is 13.1. The average molecular weight is 403 g/mol. The lowest BCUT2D eigenvalue weighted by Crippen LogP contribution is -2.49. The Hall–Kier alpha value is -3.47. The van der Waals surface area contributed by atoms with Crippen LogP contribution < -0.4 is 0 Å². The number of nitrogens with zero attached hydrogens (tertiary/aromatic N) is 1. The van der Waals surface area contributed by atoms with Gasteiger partial charge in [0.1, 0.15) is 5.82 Å². The van der Waals surface area contributed by atoms with Gasteiger partial charge in [-0.05, 0) is 53.8 Å². The standard InChI is InChI=1S/C25H22FNO3/c26-22-12-10-19(11-13-22)18-6-8-20(9-7-18)23(28)27-16-14-25(15-17-27,24(29)30)21-4-2-1-3-5-21/h1-13H,14-17H2,(H,29,30). The zero-order valence-electron chi connectivity index (χ0n) is 16.4. The second-order valence-electron chi connectivity index (χ2n) is 7.63. The Morgan fingerprint density at radius 3 is 1.87 bits per heavy atom. The molecule has 30 heavy (non-hydrogen) atoms. The number of halogens is 1. The van der Waals surface area contributed by atoms with Gasteiger partial charge in [-0.25, -0.2) is 4.39 Å². The van der Waals surface area contributed by atoms with Crippen LogP contribution in [0.15, 0.2) is 78.9 Å². The van der Waals surface area contributed by atoms with Gasteiger partial charge in [-0.3, -0.25) is 9.59 Å². The molecule has 5 heteroatoms. The number of carboxylic acids is 1. The molecule has 152 valence electrons. The molecule has 1 N–H and O–H groups in total. The van der Waals surface area contributed by atoms with Crippen molar-refractivity contribution in [3.8, 4) is 11.1 Å². The van der Waals surface area contributed by atoms with Crippen molar-refractivity contribution < 1.29 is 19.1 Å². The van der Waals surface area contributed by atoms with E-state index in [0.717, 1.165) is 16.7 Å². The summed E-state index contributed by atoms with van der Waals surface area (Å²) in [5, 5.41) is 9.91. The van der Waals surface area contributed by atoms with Gasteiger partial charge in [-0.1, -0.05) is 54.6 Å². The van der Waals surface area contributed by atoms with E-state index in [1.54, 1.807) is 29.2 Å². The largest absolute Gasteiger partial charge is 0.481 e. The lowest BCUT2D eigenvalue weighted by Gasteiger charge is -2.39. The van der Waals surface area contributed by atoms with Crippen LogP contribution in [0, 0.1) is 5.82 Å². The third kappa shape index (κ3) is 3.71. The van der Waals surface area contributed by atoms with Gasteiger partial charge in [-0.2, -0.15) is 0 Å². The van der Waals surface area contributed by atoms with Crippen molar-refractivity contribution in [1.82, 2.24) is 4.90 Å². The van der Waals surface area contributed by atoms with E-state index in [1.807, 2.05) is 42.5 Å². The molecule has 0 saturated carbocycles. The van der Waals surface area contributed by atoms with Crippen LogP contribution in [0.5, 0.6) is 0 Å². The van der Waals surface area contributed by atoms with Crippen LogP contribution in [0.1, 0.15) is 28.8 Å². The topological polar surface area (TPSA) is 57.6 Å². The Kier molecular flexibility index (Phi) is 5.36. The number of carbonyl (C=O) groups excluding carboxylic acids is 1. The van der Waals surface area contributed by atoms with E-state index in [2.05, 4.69) is 0 Å². The first kappa shape index (κ1) is 19.8. The molecule has 3 aromatic carbocycles. The number of amides is 1. The molecule has 0 spiro atoms. The van der Waals surface area contributed by atoms with E-state index in [0.29, 0.717) is 31.5 Å². The second-order valence-corrected chi connectivity index (χ2v) is 7.63. The fourth-order valence-electron chi connectivity index (χ4n) is 4.10. The zero-order chi connectivity index (χ0) is 21.1. The average Bonchev–Trinajstić information content (AvgIpc) is 2.80. The molecule has 1 fully saturated rings. The number of benzene rings is 3. The highest BCUT2D eigenvalue weighted by molar-refractivity contribution is 5.95. The molecule has 0 radical (unpaired) electrons. The van der Waals surface area contributed by atoms with Crippen LogP contribution in [-0.2, 0) is 10.2 Å². The maximum atomic E-state index is 13.1. The normalized spacial score (nSPS) is 15.6. The molecule has 4 rings (SSSR count). The van der Waals surface area contributed by atoms with Crippen molar-refractivity contribution in [3.63, 3.8) is 0 Å². The van der Waals surface area contributed by atoms with Gasteiger partial charge in [0, 0.05) is 18.7 Å². The first-order chi connectivity index (χ1) is 14.5. The summed E-state index contributed by atoms with van der Waals surface area (Å²) in [6, 6.07) is 22.7. The maximum Gasteiger partial charge on any atom is 0.314 e. The number of rotatable bonds is 4. The lowest BCUT2D eigenvalue weighted by atomic mass is 9.72. The highest BCUT2D eigenvalue weighted by atomic mass is 19.1. The van der Waals surface area contributed by atoms with Crippen LogP contribution in [0.25, 0.3) is 11.1 Å². The van der Waals surface area contributed by atoms with Crippen LogP contribution >= 0.6 is 0 Å². The summed E-state index contributed by atoms with van der Waals surface area (Å²) in [4.78, 5) is 26.7. The van der Waals surface area contributed by atoms with Gasteiger partial charge in [-0.15, -0.1) is 0 Å². The van der Waals surface area contributed by atoms with Gasteiger partial charge in [0.15, 0.2) is 0 Å². The Bertz CT molecular complexity index is 1040. The minimum atomic E-state index is -0.954. The number of carbonyl (C=O) groups is 2. The highest BCUT2D eigenvalue weighted by Crippen LogP contribution is 2.36. The molecule has 0 aromatic heterocycles. The van der Waals surface area contributed by atoms with E-state index in [-0.39, 0.29) is 11.7 Å². The Balaban J connectivity index is 1.47. The summed E-state index contributed by atoms with van der Waals surface area (Å²) in [7, 11) is 0. The zero-order valence-corrected chi connectivity index (χ0v) is 16.4. The van der Waals surface area contributed by atoms with Gasteiger partial charge in [0.25, 0.3) is 5.91 Å². The molecule has 0 unspecified atom stereocenters. The summed E-state index contributed by atoms with van der Waals surface area (Å²) in [6.07, 6.45) is 0.761. The number of aliphatic carboxylic acids is 1. The van der Waals surface area contributed by atoms with E-state index >= 15 is 0 Å². The number of piperidine rings is 1. The number of carboxylic acid groups (broad SMARTS) is 1. The fourth-order valence-corrected chi connectivity index (χ4v) is 4.10. The molecular weight excluding hydrogens is 381 g/mol. The molecule has 1 heterocycles. The number of hydrogen-bond acceptors (Lipinski definition) is 2. The summed E-state index contributed by atoms with van der Waals surface area (Å²) < 4.78 is 13.1. The van der Waals surface area contributed by atoms with Crippen LogP contribution in [0.2, 0.25) is 0 Å². The predicted molar refractivity (Wildman–Crippen MR) is 113 cm³/mol. The SMILES string of the molecule is O=C(c1ccc(-c2ccc(F)cc2)cc1)N1CCC(C(=O)O)(c2ccccc2)CC1. The van der Waals surface area contributed by atoms with Crippen molar-refractivity contribution in [2.75, 3.05) is 13.1 Å². The van der Waals surface area contributed by atoms with Crippen molar-refractivity contribution in [2.45, 2.75) is 18.3 Å². The molecule has 3 aromatic rings. The van der Waals surface area contributed by atoms with Crippen molar-refractivity contribution in [1.29, 1.82) is 0 Å². The lowest BCUT2D eigenvalue weighted by molar-refractivity contribution is -0.145. The highest BCUT2D eigenvalue weighted by Gasteiger charge is 2.43. The fraction of sp³-hybridized carbons (Fsp3) is 0.200. The molecule has 1 aliphatic rings. The van der Waals surface area contributed by atoms with Crippen LogP contribution in [0.3, 0.4) is 0 Å². The Morgan fingerprint density at radius 1 is 0.800 bits per heavy atom. The van der Waals surface area contributed by atoms with Gasteiger partial charge in [0.2, 0.25) is 0 Å². The predicted octanol–water partition coefficient (Wildman–Crippen LogP) is 4.75. The van der Waals surface area contributed by atoms with Gasteiger partial charge < -0.3 is 10.0 Å². The molecule has 0 aliphatic carbocycles. The smallest absolute Gasteiger partial charge is 0.314 e. The minimum absolute atomic E-state index is 0.104. The molecule has 1 amide bonds. The van der Waals surface area contributed by atoms with E-state index in [1.165, 1.54) is 12.1 Å². The second kappa shape index (κ2) is 8.11. The number of likely N-dealkylation sites (tertiary alicyclic amines) is 1. The van der Waals surface area contributed by atoms with Crippen LogP contribution in [-0.4, -0.2) is 35.0 Å². The van der Waals surface area contributed by atoms with E-state index in [4.69, 9.17) is 0 Å². The van der Waals surface area contributed by atoms with Gasteiger partial charge in [0.05, 0.1) is 5.41 Å². The van der Waals surface area contributed by atoms with Crippen molar-refractivity contribution >= 4 is 11.9 Å². The van der Waals surface area contributed by atoms with Crippen LogP contribution in [0.4, 0.5) is 4.39 Å². The third-order valence-electron chi connectivity index (χ3n) is 5.95. The summed E-state index contributed by atoms with van der Waals surface area (Å²) >= 11 is 0. The monoisotopic (exact) mass is 403 g/mol. The van der Waals surface area contributed by atoms with Gasteiger partial charge >= 0.3 is 5.97 Å². The molecule has 4 nitrogen and oxygen atoms in total. The molecule has 0 bridgehead atoms. The van der Waals surface area contributed by atoms with Crippen molar-refractivity contribution in [3.05, 3.63) is 95.8 Å². The molecular formula is C25H22FNO3. The number of hydrogen-bond donors (Lipinski definition) is 1. The summed E-state index contributed by atoms with van der Waals surface area (Å²) in [5.41, 5.74) is 2.17.